The molecule has 2 rings (SSSR count). The number of halogens is 1. The molecule has 1 nitrogen and oxygen atoms in total. The molecule has 0 fully saturated rings. The molecule has 88 valence electrons. The van der Waals surface area contributed by atoms with Gasteiger partial charge in [-0.15, -0.1) is 11.6 Å². The number of hydrogen-bond acceptors (Lipinski definition) is 1. The molecule has 0 N–H and O–H groups in total. The fourth-order valence-corrected chi connectivity index (χ4v) is 2.99. The molecule has 0 aromatic heterocycles. The molecule has 0 aliphatic carbocycles. The monoisotopic (exact) mass is 262 g/mol. The fraction of sp³-hybridized carbons (Fsp3) is 0.143. The average Bonchev–Trinajstić information content (AvgIpc) is 2.42. The van der Waals surface area contributed by atoms with Crippen LogP contribution in [0, 0.1) is 0 Å². The third kappa shape index (κ3) is 2.97. The molecule has 0 radical (unpaired) electrons. The molecule has 2 atom stereocenters. The zero-order valence-electron chi connectivity index (χ0n) is 9.71. The second-order valence-electron chi connectivity index (χ2n) is 3.88. The zero-order chi connectivity index (χ0) is 12.1. The molecule has 0 aliphatic heterocycles. The van der Waals surface area contributed by atoms with Gasteiger partial charge in [-0.25, -0.2) is 0 Å². The first-order valence-electron chi connectivity index (χ1n) is 5.59. The maximum atomic E-state index is 6.50. The Balaban J connectivity index is 2.25. The van der Waals surface area contributed by atoms with E-state index >= 15 is 0 Å². The van der Waals surface area contributed by atoms with Gasteiger partial charge in [-0.05, 0) is 11.1 Å². The molecule has 0 saturated carbocycles. The Morgan fingerprint density at radius 3 is 1.76 bits per heavy atom. The Bertz CT molecular complexity index is 446. The summed E-state index contributed by atoms with van der Waals surface area (Å²) in [7, 11) is 0.672. The van der Waals surface area contributed by atoms with Crippen molar-refractivity contribution in [3.8, 4) is 0 Å². The van der Waals surface area contributed by atoms with Crippen LogP contribution in [-0.2, 0) is 4.43 Å². The van der Waals surface area contributed by atoms with Gasteiger partial charge in [0.15, 0.2) is 0 Å². The van der Waals surface area contributed by atoms with E-state index in [4.69, 9.17) is 16.0 Å². The minimum Gasteiger partial charge on any atom is -0.419 e. The van der Waals surface area contributed by atoms with Gasteiger partial charge in [0.1, 0.15) is 10.5 Å². The van der Waals surface area contributed by atoms with Crippen LogP contribution < -0.4 is 0 Å². The molecule has 17 heavy (non-hydrogen) atoms. The molecule has 3 heteroatoms. The van der Waals surface area contributed by atoms with Gasteiger partial charge in [0.2, 0.25) is 0 Å². The van der Waals surface area contributed by atoms with Crippen LogP contribution in [-0.4, -0.2) is 10.5 Å². The van der Waals surface area contributed by atoms with Crippen molar-refractivity contribution in [1.29, 1.82) is 0 Å². The number of alkyl halides is 1. The lowest BCUT2D eigenvalue weighted by atomic mass is 10.0. The van der Waals surface area contributed by atoms with Crippen LogP contribution in [0.15, 0.2) is 60.7 Å². The highest BCUT2D eigenvalue weighted by atomic mass is 35.5. The van der Waals surface area contributed by atoms with E-state index in [0.29, 0.717) is 10.5 Å². The largest absolute Gasteiger partial charge is 0.419 e. The maximum absolute atomic E-state index is 6.50. The Hall–Kier alpha value is -1.09. The lowest BCUT2D eigenvalue weighted by molar-refractivity contribution is 0.221. The van der Waals surface area contributed by atoms with Crippen LogP contribution in [0.5, 0.6) is 0 Å². The third-order valence-electron chi connectivity index (χ3n) is 2.77. The van der Waals surface area contributed by atoms with E-state index in [1.165, 1.54) is 0 Å². The van der Waals surface area contributed by atoms with E-state index in [1.54, 1.807) is 0 Å². The van der Waals surface area contributed by atoms with Gasteiger partial charge in [-0.1, -0.05) is 60.7 Å². The molecule has 2 unspecified atom stereocenters. The van der Waals surface area contributed by atoms with Gasteiger partial charge in [-0.2, -0.15) is 0 Å². The smallest absolute Gasteiger partial charge is 0.146 e. The summed E-state index contributed by atoms with van der Waals surface area (Å²) < 4.78 is 5.66. The van der Waals surface area contributed by atoms with Gasteiger partial charge < -0.3 is 4.43 Å². The van der Waals surface area contributed by atoms with Crippen LogP contribution >= 0.6 is 11.6 Å². The molecule has 0 bridgehead atoms. The molecular formula is C14H15ClOSi. The van der Waals surface area contributed by atoms with E-state index in [2.05, 4.69) is 12.1 Å². The lowest BCUT2D eigenvalue weighted by Crippen LogP contribution is -2.09. The quantitative estimate of drug-likeness (QED) is 0.608. The van der Waals surface area contributed by atoms with Crippen molar-refractivity contribution in [2.75, 3.05) is 0 Å². The Kier molecular flexibility index (Phi) is 4.37. The molecule has 2 aromatic rings. The summed E-state index contributed by atoms with van der Waals surface area (Å²) in [4.78, 5) is 0. The van der Waals surface area contributed by atoms with E-state index < -0.39 is 0 Å². The SMILES string of the molecule is [SiH3]OC(c1ccccc1)C(Cl)c1ccccc1. The van der Waals surface area contributed by atoms with Gasteiger partial charge in [0.05, 0.1) is 11.5 Å². The van der Waals surface area contributed by atoms with Crippen molar-refractivity contribution in [3.05, 3.63) is 71.8 Å². The second kappa shape index (κ2) is 6.01. The van der Waals surface area contributed by atoms with Crippen molar-refractivity contribution < 1.29 is 4.43 Å². The van der Waals surface area contributed by atoms with Crippen molar-refractivity contribution in [2.45, 2.75) is 11.5 Å². The summed E-state index contributed by atoms with van der Waals surface area (Å²) >= 11 is 6.50. The summed E-state index contributed by atoms with van der Waals surface area (Å²) in [6.07, 6.45) is -0.0630. The van der Waals surface area contributed by atoms with Crippen LogP contribution in [0.3, 0.4) is 0 Å². The van der Waals surface area contributed by atoms with Crippen LogP contribution in [0.25, 0.3) is 0 Å². The molecular weight excluding hydrogens is 248 g/mol. The van der Waals surface area contributed by atoms with Gasteiger partial charge >= 0.3 is 0 Å². The normalized spacial score (nSPS) is 14.4. The standard InChI is InChI=1S/C14H15ClOSi/c15-13(11-7-3-1-4-8-11)14(16-17)12-9-5-2-6-10-12/h1-10,13-14H,17H3. The summed E-state index contributed by atoms with van der Waals surface area (Å²) in [6, 6.07) is 20.2. The topological polar surface area (TPSA) is 9.23 Å². The zero-order valence-corrected chi connectivity index (χ0v) is 12.5. The van der Waals surface area contributed by atoms with E-state index in [1.807, 2.05) is 48.5 Å². The summed E-state index contributed by atoms with van der Waals surface area (Å²) in [6.45, 7) is 0. The lowest BCUT2D eigenvalue weighted by Gasteiger charge is -2.22. The van der Waals surface area contributed by atoms with Crippen LogP contribution in [0.2, 0.25) is 0 Å². The first-order chi connectivity index (χ1) is 8.33. The molecule has 2 aromatic carbocycles. The van der Waals surface area contributed by atoms with E-state index in [9.17, 15) is 0 Å². The highest BCUT2D eigenvalue weighted by molar-refractivity contribution is 6.21. The van der Waals surface area contributed by atoms with Gasteiger partial charge in [-0.3, -0.25) is 0 Å². The summed E-state index contributed by atoms with van der Waals surface area (Å²) in [5, 5.41) is -0.143. The maximum Gasteiger partial charge on any atom is 0.146 e. The van der Waals surface area contributed by atoms with Crippen LogP contribution in [0.4, 0.5) is 0 Å². The predicted molar refractivity (Wildman–Crippen MR) is 75.2 cm³/mol. The average molecular weight is 263 g/mol. The molecule has 0 spiro atoms. The van der Waals surface area contributed by atoms with Gasteiger partial charge in [0.25, 0.3) is 0 Å². The summed E-state index contributed by atoms with van der Waals surface area (Å²) in [5.74, 6) is 0. The van der Waals surface area contributed by atoms with Crippen LogP contribution in [0.1, 0.15) is 22.6 Å². The number of rotatable bonds is 4. The third-order valence-corrected chi connectivity index (χ3v) is 3.75. The minimum absolute atomic E-state index is 0.0630. The predicted octanol–water partition coefficient (Wildman–Crippen LogP) is 3.00. The Labute approximate surface area is 110 Å². The fourth-order valence-electron chi connectivity index (χ4n) is 1.88. The number of benzene rings is 2. The second-order valence-corrected chi connectivity index (χ2v) is 4.82. The highest BCUT2D eigenvalue weighted by Gasteiger charge is 2.21. The Morgan fingerprint density at radius 1 is 0.824 bits per heavy atom. The summed E-state index contributed by atoms with van der Waals surface area (Å²) in [5.41, 5.74) is 2.23. The Morgan fingerprint density at radius 2 is 1.29 bits per heavy atom. The molecule has 0 saturated heterocycles. The first-order valence-corrected chi connectivity index (χ1v) is 6.85. The van der Waals surface area contributed by atoms with Crippen molar-refractivity contribution >= 4 is 22.1 Å². The van der Waals surface area contributed by atoms with E-state index in [0.717, 1.165) is 11.1 Å². The van der Waals surface area contributed by atoms with Crippen molar-refractivity contribution in [1.82, 2.24) is 0 Å². The van der Waals surface area contributed by atoms with Crippen molar-refractivity contribution in [3.63, 3.8) is 0 Å². The highest BCUT2D eigenvalue weighted by Crippen LogP contribution is 2.36. The molecule has 0 aliphatic rings. The molecule has 0 heterocycles. The number of hydrogen-bond donors (Lipinski definition) is 0. The van der Waals surface area contributed by atoms with Crippen molar-refractivity contribution in [2.24, 2.45) is 0 Å². The minimum atomic E-state index is -0.143. The van der Waals surface area contributed by atoms with E-state index in [-0.39, 0.29) is 11.5 Å². The first kappa shape index (κ1) is 12.4. The van der Waals surface area contributed by atoms with Gasteiger partial charge in [0, 0.05) is 0 Å². The molecule has 0 amide bonds.